The predicted octanol–water partition coefficient (Wildman–Crippen LogP) is 10.1. The summed E-state index contributed by atoms with van der Waals surface area (Å²) in [5.74, 6) is 1.28. The first kappa shape index (κ1) is 44.6. The minimum absolute atomic E-state index is 0.210. The SMILES string of the molecule is Cc1cc(-c2cnc3c(NCC(C)(C)N)cc(-c4ccc(F)cc4)nn23)ccc1C(=O)CC1CC1.Cc1cc(-c2cnc3c(NCC(C)(C)N)cc(Cl)nn23)ccc1C(=O)CC1CC1. The molecular weight excluding hydrogens is 827 g/mol. The monoisotopic (exact) mass is 882 g/mol. The Labute approximate surface area is 378 Å². The Morgan fingerprint density at radius 3 is 1.55 bits per heavy atom. The number of nitrogens with zero attached hydrogens (tertiary/aromatic N) is 6. The summed E-state index contributed by atoms with van der Waals surface area (Å²) in [5.41, 5.74) is 22.9. The van der Waals surface area contributed by atoms with E-state index in [0.717, 1.165) is 74.5 Å². The highest BCUT2D eigenvalue weighted by Crippen LogP contribution is 2.36. The normalized spacial score (nSPS) is 14.1. The second kappa shape index (κ2) is 17.9. The molecule has 0 aliphatic heterocycles. The second-order valence-electron chi connectivity index (χ2n) is 19.0. The molecule has 0 atom stereocenters. The van der Waals surface area contributed by atoms with Gasteiger partial charge in [0.05, 0.1) is 40.9 Å². The fourth-order valence-corrected chi connectivity index (χ4v) is 7.81. The molecule has 7 aromatic rings. The average molecular weight is 884 g/mol. The molecular formula is C50H56ClFN10O2. The minimum atomic E-state index is -0.425. The van der Waals surface area contributed by atoms with Gasteiger partial charge < -0.3 is 22.1 Å². The van der Waals surface area contributed by atoms with Gasteiger partial charge in [0.15, 0.2) is 28.0 Å². The molecule has 2 saturated carbocycles. The number of nitrogens with two attached hydrogens (primary N) is 2. The number of nitrogens with one attached hydrogen (secondary N) is 2. The van der Waals surface area contributed by atoms with Crippen LogP contribution in [0.3, 0.4) is 0 Å². The molecule has 0 spiro atoms. The van der Waals surface area contributed by atoms with Crippen molar-refractivity contribution in [2.24, 2.45) is 23.3 Å². The van der Waals surface area contributed by atoms with Gasteiger partial charge in [-0.3, -0.25) is 9.59 Å². The number of carbonyl (C=O) groups is 2. The molecule has 2 aliphatic carbocycles. The van der Waals surface area contributed by atoms with E-state index in [1.54, 1.807) is 39.6 Å². The Morgan fingerprint density at radius 1 is 0.672 bits per heavy atom. The number of aryl methyl sites for hydroxylation is 2. The number of anilines is 2. The van der Waals surface area contributed by atoms with Gasteiger partial charge in [-0.15, -0.1) is 0 Å². The van der Waals surface area contributed by atoms with E-state index in [2.05, 4.69) is 25.7 Å². The third-order valence-corrected chi connectivity index (χ3v) is 11.7. The molecule has 12 nitrogen and oxygen atoms in total. The van der Waals surface area contributed by atoms with Crippen LogP contribution in [0.4, 0.5) is 15.8 Å². The van der Waals surface area contributed by atoms with Crippen molar-refractivity contribution in [1.82, 2.24) is 29.2 Å². The van der Waals surface area contributed by atoms with E-state index in [0.29, 0.717) is 59.9 Å². The summed E-state index contributed by atoms with van der Waals surface area (Å²) in [6.07, 6.45) is 9.51. The van der Waals surface area contributed by atoms with Crippen molar-refractivity contribution in [2.75, 3.05) is 23.7 Å². The average Bonchev–Trinajstić information content (AvgIpc) is 4.15. The van der Waals surface area contributed by atoms with Gasteiger partial charge in [-0.05, 0) is 133 Å². The number of rotatable bonds is 15. The first-order valence-corrected chi connectivity index (χ1v) is 22.3. The molecule has 64 heavy (non-hydrogen) atoms. The summed E-state index contributed by atoms with van der Waals surface area (Å²) in [6, 6.07) is 21.7. The van der Waals surface area contributed by atoms with Crippen LogP contribution < -0.4 is 22.1 Å². The van der Waals surface area contributed by atoms with E-state index in [1.165, 1.54) is 25.0 Å². The maximum absolute atomic E-state index is 13.5. The minimum Gasteiger partial charge on any atom is -0.380 e. The summed E-state index contributed by atoms with van der Waals surface area (Å²) in [6.45, 7) is 12.9. The van der Waals surface area contributed by atoms with Gasteiger partial charge in [-0.25, -0.2) is 23.4 Å². The van der Waals surface area contributed by atoms with Gasteiger partial charge in [0.2, 0.25) is 0 Å². The lowest BCUT2D eigenvalue weighted by Gasteiger charge is -2.20. The molecule has 332 valence electrons. The van der Waals surface area contributed by atoms with Gasteiger partial charge in [-0.1, -0.05) is 35.9 Å². The van der Waals surface area contributed by atoms with Gasteiger partial charge in [-0.2, -0.15) is 10.2 Å². The Bertz CT molecular complexity index is 2870. The molecule has 4 aromatic heterocycles. The van der Waals surface area contributed by atoms with Crippen LogP contribution in [0.15, 0.2) is 85.2 Å². The van der Waals surface area contributed by atoms with Crippen molar-refractivity contribution in [3.63, 3.8) is 0 Å². The molecule has 0 unspecified atom stereocenters. The second-order valence-corrected chi connectivity index (χ2v) is 19.4. The van der Waals surface area contributed by atoms with Crippen molar-refractivity contribution in [3.8, 4) is 33.8 Å². The lowest BCUT2D eigenvalue weighted by atomic mass is 9.98. The molecule has 9 rings (SSSR count). The number of halogens is 2. The van der Waals surface area contributed by atoms with E-state index >= 15 is 0 Å². The standard InChI is InChI=1S/C28H30FN5O.C22H26ClN5O/c1-17-12-20(8-11-22(17)26(35)13-18-4-5-18)25-15-31-27-24(32-16-28(2,3)30)14-23(33-34(25)27)19-6-9-21(29)10-7-19;1-13-8-15(6-7-16(13)19(29)9-14-4-5-14)18-11-25-21-17(26-12-22(2,3)24)10-20(23)27-28(18)21/h6-12,14-15,18,32H,4-5,13,16,30H2,1-3H3;6-8,10-11,14,26H,4-5,9,12,24H2,1-3H3. The summed E-state index contributed by atoms with van der Waals surface area (Å²) >= 11 is 6.27. The van der Waals surface area contributed by atoms with Crippen LogP contribution in [-0.2, 0) is 0 Å². The molecule has 2 aliphatic rings. The maximum atomic E-state index is 13.5. The molecule has 4 heterocycles. The van der Waals surface area contributed by atoms with Gasteiger partial charge in [0.25, 0.3) is 0 Å². The van der Waals surface area contributed by atoms with Crippen LogP contribution in [-0.4, -0.2) is 64.9 Å². The molecule has 2 fully saturated rings. The summed E-state index contributed by atoms with van der Waals surface area (Å²) in [7, 11) is 0. The first-order valence-electron chi connectivity index (χ1n) is 21.9. The van der Waals surface area contributed by atoms with Crippen LogP contribution in [0.1, 0.15) is 98.1 Å². The van der Waals surface area contributed by atoms with E-state index < -0.39 is 5.54 Å². The fourth-order valence-electron chi connectivity index (χ4n) is 7.63. The number of hydrogen-bond acceptors (Lipinski definition) is 10. The zero-order valence-electron chi connectivity index (χ0n) is 37.3. The Hall–Kier alpha value is -6.02. The van der Waals surface area contributed by atoms with E-state index in [-0.39, 0.29) is 22.9 Å². The Balaban J connectivity index is 0.000000178. The topological polar surface area (TPSA) is 171 Å². The fraction of sp³-hybridized carbons (Fsp3) is 0.360. The Morgan fingerprint density at radius 2 is 1.11 bits per heavy atom. The smallest absolute Gasteiger partial charge is 0.177 e. The number of Topliss-reactive ketones (excluding diaryl/α,β-unsaturated/α-hetero) is 2. The quantitative estimate of drug-likeness (QED) is 0.0727. The van der Waals surface area contributed by atoms with Crippen molar-refractivity contribution in [1.29, 1.82) is 0 Å². The summed E-state index contributed by atoms with van der Waals surface area (Å²) in [5, 5.41) is 16.4. The molecule has 0 amide bonds. The molecule has 0 saturated heterocycles. The van der Waals surface area contributed by atoms with Crippen LogP contribution in [0, 0.1) is 31.5 Å². The number of aromatic nitrogens is 6. The highest BCUT2D eigenvalue weighted by atomic mass is 35.5. The molecule has 6 N–H and O–H groups in total. The molecule has 0 radical (unpaired) electrons. The lowest BCUT2D eigenvalue weighted by molar-refractivity contribution is 0.0967. The van der Waals surface area contributed by atoms with Crippen molar-refractivity contribution in [2.45, 2.75) is 91.1 Å². The number of hydrogen-bond donors (Lipinski definition) is 4. The van der Waals surface area contributed by atoms with Crippen molar-refractivity contribution >= 4 is 45.8 Å². The van der Waals surface area contributed by atoms with E-state index in [4.69, 9.17) is 28.2 Å². The van der Waals surface area contributed by atoms with Gasteiger partial charge >= 0.3 is 0 Å². The number of benzene rings is 3. The zero-order chi connectivity index (χ0) is 45.5. The third-order valence-electron chi connectivity index (χ3n) is 11.5. The largest absolute Gasteiger partial charge is 0.380 e. The predicted molar refractivity (Wildman–Crippen MR) is 254 cm³/mol. The van der Waals surface area contributed by atoms with Crippen molar-refractivity contribution in [3.05, 3.63) is 118 Å². The van der Waals surface area contributed by atoms with Crippen LogP contribution in [0.25, 0.3) is 45.1 Å². The van der Waals surface area contributed by atoms with Crippen LogP contribution in [0.5, 0.6) is 0 Å². The maximum Gasteiger partial charge on any atom is 0.177 e. The number of carbonyl (C=O) groups excluding carboxylic acids is 2. The van der Waals surface area contributed by atoms with E-state index in [9.17, 15) is 14.0 Å². The highest BCUT2D eigenvalue weighted by Gasteiger charge is 2.27. The van der Waals surface area contributed by atoms with E-state index in [1.807, 2.05) is 84.0 Å². The van der Waals surface area contributed by atoms with Crippen LogP contribution >= 0.6 is 11.6 Å². The third kappa shape index (κ3) is 10.7. The number of fused-ring (bicyclic) bond motifs is 2. The first-order chi connectivity index (χ1) is 30.4. The van der Waals surface area contributed by atoms with Gasteiger partial charge in [0.1, 0.15) is 5.82 Å². The zero-order valence-corrected chi connectivity index (χ0v) is 38.1. The summed E-state index contributed by atoms with van der Waals surface area (Å²) < 4.78 is 17.1. The van der Waals surface area contributed by atoms with Crippen LogP contribution in [0.2, 0.25) is 5.15 Å². The molecule has 3 aromatic carbocycles. The number of ketones is 2. The van der Waals surface area contributed by atoms with Gasteiger partial charge in [0, 0.05) is 70.9 Å². The lowest BCUT2D eigenvalue weighted by Crippen LogP contribution is -2.39. The Kier molecular flexibility index (Phi) is 12.4. The molecule has 14 heteroatoms. The highest BCUT2D eigenvalue weighted by molar-refractivity contribution is 6.29. The van der Waals surface area contributed by atoms with Crippen molar-refractivity contribution < 1.29 is 14.0 Å². The number of imidazole rings is 2. The summed E-state index contributed by atoms with van der Waals surface area (Å²) in [4.78, 5) is 34.4. The molecule has 0 bridgehead atoms.